The first-order valence-corrected chi connectivity index (χ1v) is 8.02. The molecule has 0 spiro atoms. The van der Waals surface area contributed by atoms with E-state index in [-0.39, 0.29) is 11.9 Å². The number of piperazine rings is 1. The summed E-state index contributed by atoms with van der Waals surface area (Å²) in [5, 5.41) is 0. The molecule has 1 saturated heterocycles. The number of pyridine rings is 1. The normalized spacial score (nSPS) is 22.4. The van der Waals surface area contributed by atoms with Crippen LogP contribution < -0.4 is 5.73 Å². The molecule has 2 fully saturated rings. The first-order valence-electron chi connectivity index (χ1n) is 8.02. The minimum absolute atomic E-state index is 0.102. The van der Waals surface area contributed by atoms with E-state index < -0.39 is 0 Å². The molecule has 1 aromatic rings. The summed E-state index contributed by atoms with van der Waals surface area (Å²) in [7, 11) is 0. The van der Waals surface area contributed by atoms with Crippen molar-refractivity contribution in [3.8, 4) is 0 Å². The van der Waals surface area contributed by atoms with Crippen molar-refractivity contribution in [2.75, 3.05) is 39.3 Å². The van der Waals surface area contributed by atoms with Crippen LogP contribution in [0.5, 0.6) is 0 Å². The average Bonchev–Trinajstić information content (AvgIpc) is 3.31. The zero-order valence-corrected chi connectivity index (χ0v) is 12.5. The van der Waals surface area contributed by atoms with Crippen LogP contribution in [0.3, 0.4) is 0 Å². The number of hydrogen-bond donors (Lipinski definition) is 1. The quantitative estimate of drug-likeness (QED) is 0.866. The molecule has 5 heteroatoms. The molecule has 0 aromatic carbocycles. The summed E-state index contributed by atoms with van der Waals surface area (Å²) in [6, 6.07) is 3.02. The van der Waals surface area contributed by atoms with E-state index in [1.807, 2.05) is 0 Å². The highest BCUT2D eigenvalue weighted by Crippen LogP contribution is 2.29. The molecule has 1 unspecified atom stereocenters. The first kappa shape index (κ1) is 14.9. The predicted molar refractivity (Wildman–Crippen MR) is 81.3 cm³/mol. The summed E-state index contributed by atoms with van der Waals surface area (Å²) in [5.41, 5.74) is 6.92. The van der Waals surface area contributed by atoms with Gasteiger partial charge in [-0.25, -0.2) is 4.39 Å². The van der Waals surface area contributed by atoms with Gasteiger partial charge in [-0.3, -0.25) is 4.98 Å². The van der Waals surface area contributed by atoms with Gasteiger partial charge in [0.25, 0.3) is 0 Å². The molecule has 1 aromatic heterocycles. The van der Waals surface area contributed by atoms with Crippen LogP contribution >= 0.6 is 0 Å². The molecule has 2 N–H and O–H groups in total. The van der Waals surface area contributed by atoms with Crippen LogP contribution in [0.15, 0.2) is 18.3 Å². The van der Waals surface area contributed by atoms with Gasteiger partial charge in [0.15, 0.2) is 0 Å². The Labute approximate surface area is 126 Å². The van der Waals surface area contributed by atoms with Crippen LogP contribution in [0.1, 0.15) is 31.0 Å². The Morgan fingerprint density at radius 1 is 1.19 bits per heavy atom. The highest BCUT2D eigenvalue weighted by atomic mass is 19.1. The van der Waals surface area contributed by atoms with E-state index in [0.29, 0.717) is 0 Å². The third-order valence-electron chi connectivity index (χ3n) is 4.56. The van der Waals surface area contributed by atoms with E-state index in [1.54, 1.807) is 6.07 Å². The van der Waals surface area contributed by atoms with Crippen molar-refractivity contribution in [1.29, 1.82) is 0 Å². The van der Waals surface area contributed by atoms with Crippen LogP contribution in [0.2, 0.25) is 0 Å². The zero-order valence-electron chi connectivity index (χ0n) is 12.5. The topological polar surface area (TPSA) is 45.4 Å². The van der Waals surface area contributed by atoms with Crippen LogP contribution in [0.4, 0.5) is 4.39 Å². The van der Waals surface area contributed by atoms with Crippen molar-refractivity contribution >= 4 is 0 Å². The maximum Gasteiger partial charge on any atom is 0.141 e. The van der Waals surface area contributed by atoms with Crippen LogP contribution in [-0.2, 0) is 0 Å². The number of halogens is 1. The van der Waals surface area contributed by atoms with Gasteiger partial charge in [-0.1, -0.05) is 0 Å². The van der Waals surface area contributed by atoms with Crippen molar-refractivity contribution in [3.05, 3.63) is 29.8 Å². The predicted octanol–water partition coefficient (Wildman–Crippen LogP) is 1.64. The number of aromatic nitrogens is 1. The van der Waals surface area contributed by atoms with Gasteiger partial charge in [-0.15, -0.1) is 0 Å². The van der Waals surface area contributed by atoms with Gasteiger partial charge >= 0.3 is 0 Å². The fourth-order valence-corrected chi connectivity index (χ4v) is 2.94. The standard InChI is InChI=1S/C16H25FN4/c17-14-3-4-16(19-11-14)15(18)5-6-20-7-9-21(10-8-20)12-13-1-2-13/h3-4,11,13,15H,1-2,5-10,12,18H2. The van der Waals surface area contributed by atoms with E-state index in [4.69, 9.17) is 5.73 Å². The second-order valence-electron chi connectivity index (χ2n) is 6.38. The van der Waals surface area contributed by atoms with E-state index in [2.05, 4.69) is 14.8 Å². The molecule has 4 nitrogen and oxygen atoms in total. The fraction of sp³-hybridized carbons (Fsp3) is 0.688. The Morgan fingerprint density at radius 2 is 1.90 bits per heavy atom. The summed E-state index contributed by atoms with van der Waals surface area (Å²) in [6.45, 7) is 6.93. The third kappa shape index (κ3) is 4.46. The van der Waals surface area contributed by atoms with Gasteiger partial charge in [0.05, 0.1) is 11.9 Å². The van der Waals surface area contributed by atoms with Gasteiger partial charge in [0.1, 0.15) is 5.82 Å². The molecule has 116 valence electrons. The monoisotopic (exact) mass is 292 g/mol. The lowest BCUT2D eigenvalue weighted by Crippen LogP contribution is -2.47. The van der Waals surface area contributed by atoms with Crippen LogP contribution in [-0.4, -0.2) is 54.1 Å². The molecule has 1 aliphatic heterocycles. The van der Waals surface area contributed by atoms with Gasteiger partial charge in [0, 0.05) is 45.3 Å². The summed E-state index contributed by atoms with van der Waals surface area (Å²) < 4.78 is 12.8. The summed E-state index contributed by atoms with van der Waals surface area (Å²) in [6.07, 6.45) is 4.98. The Hall–Kier alpha value is -1.04. The molecule has 0 amide bonds. The molecule has 0 radical (unpaired) electrons. The maximum atomic E-state index is 12.8. The van der Waals surface area contributed by atoms with Gasteiger partial charge in [-0.2, -0.15) is 0 Å². The second kappa shape index (κ2) is 6.81. The van der Waals surface area contributed by atoms with Gasteiger partial charge in [-0.05, 0) is 37.3 Å². The second-order valence-corrected chi connectivity index (χ2v) is 6.38. The van der Waals surface area contributed by atoms with Crippen LogP contribution in [0.25, 0.3) is 0 Å². The molecule has 3 rings (SSSR count). The van der Waals surface area contributed by atoms with Crippen molar-refractivity contribution in [2.24, 2.45) is 11.7 Å². The largest absolute Gasteiger partial charge is 0.323 e. The van der Waals surface area contributed by atoms with Crippen molar-refractivity contribution < 1.29 is 4.39 Å². The Balaban J connectivity index is 1.38. The van der Waals surface area contributed by atoms with E-state index in [1.165, 1.54) is 44.7 Å². The SMILES string of the molecule is NC(CCN1CCN(CC2CC2)CC1)c1ccc(F)cn1. The summed E-state index contributed by atoms with van der Waals surface area (Å²) >= 11 is 0. The van der Waals surface area contributed by atoms with E-state index in [9.17, 15) is 4.39 Å². The molecule has 1 atom stereocenters. The molecule has 1 aliphatic carbocycles. The minimum Gasteiger partial charge on any atom is -0.323 e. The number of nitrogens with two attached hydrogens (primary N) is 1. The number of rotatable bonds is 6. The molecule has 21 heavy (non-hydrogen) atoms. The van der Waals surface area contributed by atoms with E-state index in [0.717, 1.165) is 37.7 Å². The Bertz CT molecular complexity index is 438. The van der Waals surface area contributed by atoms with Gasteiger partial charge < -0.3 is 15.5 Å². The Kier molecular flexibility index (Phi) is 4.83. The minimum atomic E-state index is -0.308. The maximum absolute atomic E-state index is 12.8. The third-order valence-corrected chi connectivity index (χ3v) is 4.56. The number of hydrogen-bond acceptors (Lipinski definition) is 4. The van der Waals surface area contributed by atoms with Crippen molar-refractivity contribution in [3.63, 3.8) is 0 Å². The van der Waals surface area contributed by atoms with Crippen molar-refractivity contribution in [2.45, 2.75) is 25.3 Å². The summed E-state index contributed by atoms with van der Waals surface area (Å²) in [5.74, 6) is 0.673. The lowest BCUT2D eigenvalue weighted by Gasteiger charge is -2.35. The molecule has 2 heterocycles. The highest BCUT2D eigenvalue weighted by Gasteiger charge is 2.26. The van der Waals surface area contributed by atoms with Crippen molar-refractivity contribution in [1.82, 2.24) is 14.8 Å². The first-order chi connectivity index (χ1) is 10.2. The molecular formula is C16H25FN4. The smallest absolute Gasteiger partial charge is 0.141 e. The summed E-state index contributed by atoms with van der Waals surface area (Å²) in [4.78, 5) is 9.14. The zero-order chi connectivity index (χ0) is 14.7. The Morgan fingerprint density at radius 3 is 2.52 bits per heavy atom. The van der Waals surface area contributed by atoms with Crippen LogP contribution in [0, 0.1) is 11.7 Å². The highest BCUT2D eigenvalue weighted by molar-refractivity contribution is 5.09. The lowest BCUT2D eigenvalue weighted by atomic mass is 10.1. The molecular weight excluding hydrogens is 267 g/mol. The fourth-order valence-electron chi connectivity index (χ4n) is 2.94. The number of nitrogens with zero attached hydrogens (tertiary/aromatic N) is 3. The molecule has 0 bridgehead atoms. The molecule has 1 saturated carbocycles. The lowest BCUT2D eigenvalue weighted by molar-refractivity contribution is 0.125. The van der Waals surface area contributed by atoms with Gasteiger partial charge in [0.2, 0.25) is 0 Å². The average molecular weight is 292 g/mol. The van der Waals surface area contributed by atoms with E-state index >= 15 is 0 Å². The molecule has 2 aliphatic rings.